The van der Waals surface area contributed by atoms with Gasteiger partial charge in [-0.05, 0) is 100 Å². The van der Waals surface area contributed by atoms with E-state index in [1.807, 2.05) is 12.1 Å². The Balaban J connectivity index is 1.14. The standard InChI is InChI=1S/C58H43NO2/c1-2-17-38(18-3-1)42-26-14-19-39-20-15-27-46(57(39)42)43-22-5-10-30-51(43)59(50-29-9-4-21-41(50)40-35-36-55-49(37-40)45-24-7-12-32-53(45)60-55)52-31-11-6-23-44(52)47-28-16-34-56-58(47)48-25-8-13-33-54(48)61-56/h4-16,19-38H,1-3,17-18H2. The quantitative estimate of drug-likeness (QED) is 0.161. The minimum Gasteiger partial charge on any atom is -0.456 e. The lowest BCUT2D eigenvalue weighted by molar-refractivity contribution is 0.445. The highest BCUT2D eigenvalue weighted by Crippen LogP contribution is 2.51. The van der Waals surface area contributed by atoms with Gasteiger partial charge in [0.1, 0.15) is 22.3 Å². The Morgan fingerprint density at radius 2 is 0.869 bits per heavy atom. The molecule has 3 nitrogen and oxygen atoms in total. The van der Waals surface area contributed by atoms with Crippen molar-refractivity contribution in [3.05, 3.63) is 200 Å². The molecule has 2 heterocycles. The summed E-state index contributed by atoms with van der Waals surface area (Å²) >= 11 is 0. The van der Waals surface area contributed by atoms with Crippen LogP contribution in [0.2, 0.25) is 0 Å². The van der Waals surface area contributed by atoms with Gasteiger partial charge in [0, 0.05) is 38.2 Å². The van der Waals surface area contributed by atoms with E-state index >= 15 is 0 Å². The van der Waals surface area contributed by atoms with Gasteiger partial charge >= 0.3 is 0 Å². The van der Waals surface area contributed by atoms with Crippen molar-refractivity contribution in [3.8, 4) is 33.4 Å². The molecule has 0 spiro atoms. The van der Waals surface area contributed by atoms with Crippen LogP contribution in [0.15, 0.2) is 203 Å². The molecule has 0 unspecified atom stereocenters. The fourth-order valence-electron chi connectivity index (χ4n) is 10.3. The highest BCUT2D eigenvalue weighted by Gasteiger charge is 2.26. The van der Waals surface area contributed by atoms with Gasteiger partial charge in [-0.1, -0.05) is 165 Å². The second-order valence-electron chi connectivity index (χ2n) is 16.6. The lowest BCUT2D eigenvalue weighted by atomic mass is 9.80. The van der Waals surface area contributed by atoms with E-state index in [0.717, 1.165) is 83.2 Å². The smallest absolute Gasteiger partial charge is 0.136 e. The van der Waals surface area contributed by atoms with E-state index in [0.29, 0.717) is 5.92 Å². The molecular formula is C58H43NO2. The predicted molar refractivity (Wildman–Crippen MR) is 255 cm³/mol. The van der Waals surface area contributed by atoms with Crippen molar-refractivity contribution in [1.29, 1.82) is 0 Å². The van der Waals surface area contributed by atoms with Gasteiger partial charge in [-0.3, -0.25) is 0 Å². The van der Waals surface area contributed by atoms with Crippen molar-refractivity contribution in [3.63, 3.8) is 0 Å². The van der Waals surface area contributed by atoms with E-state index in [1.165, 1.54) is 59.6 Å². The van der Waals surface area contributed by atoms with Crippen molar-refractivity contribution < 1.29 is 8.83 Å². The van der Waals surface area contributed by atoms with Gasteiger partial charge in [-0.15, -0.1) is 0 Å². The highest BCUT2D eigenvalue weighted by atomic mass is 16.3. The Hall–Kier alpha value is -7.36. The van der Waals surface area contributed by atoms with Crippen LogP contribution in [-0.2, 0) is 0 Å². The van der Waals surface area contributed by atoms with Crippen LogP contribution in [0.4, 0.5) is 17.1 Å². The van der Waals surface area contributed by atoms with Crippen molar-refractivity contribution >= 4 is 71.7 Å². The highest BCUT2D eigenvalue weighted by molar-refractivity contribution is 6.15. The summed E-state index contributed by atoms with van der Waals surface area (Å²) < 4.78 is 12.8. The number of fused-ring (bicyclic) bond motifs is 7. The number of benzene rings is 9. The molecule has 0 radical (unpaired) electrons. The molecular weight excluding hydrogens is 743 g/mol. The molecule has 11 aromatic rings. The Kier molecular flexibility index (Phi) is 8.59. The summed E-state index contributed by atoms with van der Waals surface area (Å²) in [5, 5.41) is 7.13. The van der Waals surface area contributed by atoms with E-state index in [2.05, 4.69) is 187 Å². The van der Waals surface area contributed by atoms with E-state index in [-0.39, 0.29) is 0 Å². The molecule has 2 aromatic heterocycles. The number of para-hydroxylation sites is 5. The van der Waals surface area contributed by atoms with Crippen molar-refractivity contribution in [2.75, 3.05) is 4.90 Å². The van der Waals surface area contributed by atoms with Crippen LogP contribution >= 0.6 is 0 Å². The van der Waals surface area contributed by atoms with Crippen molar-refractivity contribution in [2.24, 2.45) is 0 Å². The molecule has 12 rings (SSSR count). The first-order chi connectivity index (χ1) is 30.3. The Morgan fingerprint density at radius 1 is 0.361 bits per heavy atom. The van der Waals surface area contributed by atoms with Crippen LogP contribution in [0.5, 0.6) is 0 Å². The molecule has 9 aromatic carbocycles. The summed E-state index contributed by atoms with van der Waals surface area (Å²) in [6.07, 6.45) is 6.40. The molecule has 0 bridgehead atoms. The number of rotatable bonds is 7. The maximum Gasteiger partial charge on any atom is 0.136 e. The molecule has 292 valence electrons. The lowest BCUT2D eigenvalue weighted by Crippen LogP contribution is -2.14. The minimum atomic E-state index is 0.558. The van der Waals surface area contributed by atoms with Crippen LogP contribution in [0.1, 0.15) is 43.6 Å². The first-order valence-electron chi connectivity index (χ1n) is 21.7. The maximum absolute atomic E-state index is 6.48. The Labute approximate surface area is 355 Å². The van der Waals surface area contributed by atoms with E-state index in [9.17, 15) is 0 Å². The molecule has 1 saturated carbocycles. The van der Waals surface area contributed by atoms with E-state index in [1.54, 1.807) is 0 Å². The average Bonchev–Trinajstić information content (AvgIpc) is 3.90. The van der Waals surface area contributed by atoms with Gasteiger partial charge in [0.15, 0.2) is 0 Å². The average molecular weight is 786 g/mol. The first kappa shape index (κ1) is 35.6. The molecule has 0 saturated heterocycles. The van der Waals surface area contributed by atoms with Crippen LogP contribution < -0.4 is 4.90 Å². The molecule has 0 N–H and O–H groups in total. The second kappa shape index (κ2) is 14.7. The third kappa shape index (κ3) is 5.95. The zero-order valence-electron chi connectivity index (χ0n) is 33.9. The normalized spacial score (nSPS) is 13.5. The Bertz CT molecular complexity index is 3430. The molecule has 1 aliphatic carbocycles. The van der Waals surface area contributed by atoms with Gasteiger partial charge in [0.05, 0.1) is 17.1 Å². The zero-order chi connectivity index (χ0) is 40.3. The predicted octanol–water partition coefficient (Wildman–Crippen LogP) is 17.2. The van der Waals surface area contributed by atoms with E-state index in [4.69, 9.17) is 8.83 Å². The van der Waals surface area contributed by atoms with Gasteiger partial charge < -0.3 is 13.7 Å². The molecule has 1 aliphatic rings. The summed E-state index contributed by atoms with van der Waals surface area (Å²) in [4.78, 5) is 2.51. The number of hydrogen-bond donors (Lipinski definition) is 0. The van der Waals surface area contributed by atoms with Gasteiger partial charge in [-0.25, -0.2) is 0 Å². The monoisotopic (exact) mass is 785 g/mol. The minimum absolute atomic E-state index is 0.558. The molecule has 1 fully saturated rings. The summed E-state index contributed by atoms with van der Waals surface area (Å²) in [5.74, 6) is 0.558. The molecule has 61 heavy (non-hydrogen) atoms. The largest absolute Gasteiger partial charge is 0.456 e. The van der Waals surface area contributed by atoms with Crippen LogP contribution in [0, 0.1) is 0 Å². The van der Waals surface area contributed by atoms with Crippen LogP contribution in [0.25, 0.3) is 88.0 Å². The summed E-state index contributed by atoms with van der Waals surface area (Å²) in [7, 11) is 0. The topological polar surface area (TPSA) is 29.5 Å². The van der Waals surface area contributed by atoms with Gasteiger partial charge in [-0.2, -0.15) is 0 Å². The number of hydrogen-bond acceptors (Lipinski definition) is 3. The first-order valence-corrected chi connectivity index (χ1v) is 21.7. The van der Waals surface area contributed by atoms with Crippen LogP contribution in [-0.4, -0.2) is 0 Å². The molecule has 3 heteroatoms. The van der Waals surface area contributed by atoms with Gasteiger partial charge in [0.25, 0.3) is 0 Å². The summed E-state index contributed by atoms with van der Waals surface area (Å²) in [5.41, 5.74) is 15.3. The van der Waals surface area contributed by atoms with Crippen LogP contribution in [0.3, 0.4) is 0 Å². The number of anilines is 3. The lowest BCUT2D eigenvalue weighted by Gasteiger charge is -2.32. The zero-order valence-corrected chi connectivity index (χ0v) is 33.9. The number of nitrogens with zero attached hydrogens (tertiary/aromatic N) is 1. The SMILES string of the molecule is c1ccc(N(c2ccccc2-c2cccc3cccc(C4CCCCC4)c23)c2ccccc2-c2cccc3oc4ccccc4c23)c(-c2ccc3oc4ccccc4c3c2)c1. The molecule has 0 atom stereocenters. The molecule has 0 aliphatic heterocycles. The van der Waals surface area contributed by atoms with Crippen molar-refractivity contribution in [2.45, 2.75) is 38.0 Å². The van der Waals surface area contributed by atoms with E-state index < -0.39 is 0 Å². The Morgan fingerprint density at radius 3 is 1.61 bits per heavy atom. The third-order valence-corrected chi connectivity index (χ3v) is 13.1. The molecule has 0 amide bonds. The number of furan rings is 2. The summed E-state index contributed by atoms with van der Waals surface area (Å²) in [6.45, 7) is 0. The third-order valence-electron chi connectivity index (χ3n) is 13.1. The van der Waals surface area contributed by atoms with Gasteiger partial charge in [0.2, 0.25) is 0 Å². The fraction of sp³-hybridized carbons (Fsp3) is 0.103. The maximum atomic E-state index is 6.48. The second-order valence-corrected chi connectivity index (χ2v) is 16.6. The summed E-state index contributed by atoms with van der Waals surface area (Å²) in [6, 6.07) is 70.4. The fourth-order valence-corrected chi connectivity index (χ4v) is 10.3. The van der Waals surface area contributed by atoms with Crippen molar-refractivity contribution in [1.82, 2.24) is 0 Å².